The molecule has 8 heteroatoms. The van der Waals surface area contributed by atoms with E-state index < -0.39 is 12.6 Å². The minimum absolute atomic E-state index is 0.0566. The van der Waals surface area contributed by atoms with Crippen molar-refractivity contribution < 1.29 is 23.8 Å². The summed E-state index contributed by atoms with van der Waals surface area (Å²) in [5, 5.41) is 16.8. The first kappa shape index (κ1) is 17.0. The van der Waals surface area contributed by atoms with Gasteiger partial charge < -0.3 is 20.0 Å². The largest absolute Gasteiger partial charge is 0.482 e. The molecular formula is C18H15N3O5. The zero-order valence-electron chi connectivity index (χ0n) is 13.5. The molecule has 0 bridgehead atoms. The van der Waals surface area contributed by atoms with E-state index in [2.05, 4.69) is 0 Å². The lowest BCUT2D eigenvalue weighted by Crippen LogP contribution is -2.13. The number of nitrogens with one attached hydrogen (secondary N) is 1. The first-order valence-electron chi connectivity index (χ1n) is 7.55. The highest BCUT2D eigenvalue weighted by Gasteiger charge is 2.14. The molecule has 0 radical (unpaired) electrons. The molecule has 3 aromatic rings. The zero-order valence-corrected chi connectivity index (χ0v) is 13.5. The third-order valence-electron chi connectivity index (χ3n) is 3.63. The predicted molar refractivity (Wildman–Crippen MR) is 95.0 cm³/mol. The summed E-state index contributed by atoms with van der Waals surface area (Å²) in [7, 11) is 0. The highest BCUT2D eigenvalue weighted by molar-refractivity contribution is 5.99. The fourth-order valence-corrected chi connectivity index (χ4v) is 2.40. The van der Waals surface area contributed by atoms with E-state index in [0.717, 1.165) is 0 Å². The van der Waals surface area contributed by atoms with E-state index in [1.165, 1.54) is 4.90 Å². The number of hydrogen-bond donors (Lipinski definition) is 3. The Balaban J connectivity index is 1.88. The van der Waals surface area contributed by atoms with Gasteiger partial charge in [0.15, 0.2) is 6.61 Å². The van der Waals surface area contributed by atoms with Gasteiger partial charge >= 0.3 is 5.97 Å². The van der Waals surface area contributed by atoms with Gasteiger partial charge in [0.2, 0.25) is 12.3 Å². The minimum Gasteiger partial charge on any atom is -0.482 e. The number of nitrogens with two attached hydrogens (primary N) is 1. The summed E-state index contributed by atoms with van der Waals surface area (Å²) in [6.45, 7) is -0.446. The van der Waals surface area contributed by atoms with Crippen molar-refractivity contribution in [1.29, 1.82) is 5.41 Å². The van der Waals surface area contributed by atoms with Crippen LogP contribution in [0.3, 0.4) is 0 Å². The van der Waals surface area contributed by atoms with Crippen LogP contribution in [0.1, 0.15) is 5.56 Å². The number of amidine groups is 1. The fourth-order valence-electron chi connectivity index (χ4n) is 2.40. The van der Waals surface area contributed by atoms with Gasteiger partial charge in [0, 0.05) is 17.0 Å². The summed E-state index contributed by atoms with van der Waals surface area (Å²) in [6.07, 6.45) is 0.608. The Morgan fingerprint density at radius 3 is 2.58 bits per heavy atom. The molecule has 0 saturated carbocycles. The van der Waals surface area contributed by atoms with Crippen molar-refractivity contribution in [2.45, 2.75) is 0 Å². The van der Waals surface area contributed by atoms with E-state index in [1.807, 2.05) is 0 Å². The lowest BCUT2D eigenvalue weighted by Gasteiger charge is -2.14. The van der Waals surface area contributed by atoms with Crippen LogP contribution in [0.25, 0.3) is 11.0 Å². The summed E-state index contributed by atoms with van der Waals surface area (Å²) in [5.41, 5.74) is 7.12. The Morgan fingerprint density at radius 1 is 1.23 bits per heavy atom. The van der Waals surface area contributed by atoms with Crippen LogP contribution in [-0.4, -0.2) is 29.9 Å². The number of anilines is 2. The van der Waals surface area contributed by atoms with Gasteiger partial charge in [0.1, 0.15) is 17.2 Å². The van der Waals surface area contributed by atoms with E-state index in [9.17, 15) is 9.59 Å². The van der Waals surface area contributed by atoms with Gasteiger partial charge in [-0.2, -0.15) is 0 Å². The molecule has 1 amide bonds. The fraction of sp³-hybridized carbons (Fsp3) is 0.0556. The minimum atomic E-state index is -1.07. The van der Waals surface area contributed by atoms with E-state index in [-0.39, 0.29) is 5.84 Å². The third-order valence-corrected chi connectivity index (χ3v) is 3.63. The Bertz CT molecular complexity index is 978. The molecule has 0 atom stereocenters. The van der Waals surface area contributed by atoms with Gasteiger partial charge in [-0.05, 0) is 42.5 Å². The number of carboxylic acids is 1. The second-order valence-corrected chi connectivity index (χ2v) is 5.40. The number of fused-ring (bicyclic) bond motifs is 1. The molecule has 0 aliphatic rings. The van der Waals surface area contributed by atoms with Gasteiger partial charge in [-0.25, -0.2) is 4.79 Å². The number of aliphatic carboxylic acids is 1. The standard InChI is InChI=1S/C18H15N3O5/c19-18(20)11-1-6-15-12(7-11)8-16(26-15)21(10-22)13-2-4-14(5-3-13)25-9-17(23)24/h1-8,10H,9H2,(H3,19,20)(H,23,24). The Morgan fingerprint density at radius 2 is 1.96 bits per heavy atom. The van der Waals surface area contributed by atoms with Crippen LogP contribution in [0.5, 0.6) is 5.75 Å². The molecule has 1 aromatic heterocycles. The molecule has 1 heterocycles. The van der Waals surface area contributed by atoms with Crippen molar-refractivity contribution in [1.82, 2.24) is 0 Å². The number of carbonyl (C=O) groups is 2. The lowest BCUT2D eigenvalue weighted by atomic mass is 10.1. The van der Waals surface area contributed by atoms with Crippen LogP contribution in [0.4, 0.5) is 11.6 Å². The van der Waals surface area contributed by atoms with Gasteiger partial charge in [-0.1, -0.05) is 0 Å². The number of nitrogen functional groups attached to an aromatic ring is 1. The van der Waals surface area contributed by atoms with Crippen LogP contribution in [0.2, 0.25) is 0 Å². The number of carboxylic acid groups (broad SMARTS) is 1. The highest BCUT2D eigenvalue weighted by atomic mass is 16.5. The number of hydrogen-bond acceptors (Lipinski definition) is 5. The molecule has 26 heavy (non-hydrogen) atoms. The van der Waals surface area contributed by atoms with E-state index in [1.54, 1.807) is 48.5 Å². The molecule has 0 fully saturated rings. The van der Waals surface area contributed by atoms with E-state index in [4.69, 9.17) is 25.4 Å². The van der Waals surface area contributed by atoms with Gasteiger partial charge in [0.05, 0.1) is 5.69 Å². The van der Waals surface area contributed by atoms with Crippen molar-refractivity contribution in [2.24, 2.45) is 5.73 Å². The quantitative estimate of drug-likeness (QED) is 0.340. The first-order valence-corrected chi connectivity index (χ1v) is 7.55. The first-order chi connectivity index (χ1) is 12.5. The van der Waals surface area contributed by atoms with E-state index in [0.29, 0.717) is 40.3 Å². The van der Waals surface area contributed by atoms with Crippen molar-refractivity contribution >= 4 is 40.8 Å². The molecule has 0 spiro atoms. The van der Waals surface area contributed by atoms with Gasteiger partial charge in [-0.15, -0.1) is 0 Å². The van der Waals surface area contributed by atoms with Gasteiger partial charge in [0.25, 0.3) is 0 Å². The molecule has 0 saturated heterocycles. The highest BCUT2D eigenvalue weighted by Crippen LogP contribution is 2.31. The number of carbonyl (C=O) groups excluding carboxylic acids is 1. The summed E-state index contributed by atoms with van der Waals surface area (Å²) < 4.78 is 10.8. The average molecular weight is 353 g/mol. The summed E-state index contributed by atoms with van der Waals surface area (Å²) in [6, 6.07) is 13.1. The van der Waals surface area contributed by atoms with Crippen LogP contribution in [0.15, 0.2) is 52.9 Å². The van der Waals surface area contributed by atoms with Crippen molar-refractivity contribution in [3.8, 4) is 5.75 Å². The smallest absolute Gasteiger partial charge is 0.341 e. The predicted octanol–water partition coefficient (Wildman–Crippen LogP) is 2.47. The van der Waals surface area contributed by atoms with Gasteiger partial charge in [-0.3, -0.25) is 15.1 Å². The van der Waals surface area contributed by atoms with Crippen LogP contribution in [-0.2, 0) is 9.59 Å². The topological polar surface area (TPSA) is 130 Å². The number of ether oxygens (including phenoxy) is 1. The molecule has 0 aliphatic carbocycles. The molecule has 0 unspecified atom stereocenters. The maximum atomic E-state index is 11.6. The normalized spacial score (nSPS) is 10.5. The summed E-state index contributed by atoms with van der Waals surface area (Å²) >= 11 is 0. The number of rotatable bonds is 7. The molecule has 132 valence electrons. The molecular weight excluding hydrogens is 338 g/mol. The second-order valence-electron chi connectivity index (χ2n) is 5.40. The number of nitrogens with zero attached hydrogens (tertiary/aromatic N) is 1. The van der Waals surface area contributed by atoms with Crippen molar-refractivity contribution in [2.75, 3.05) is 11.5 Å². The van der Waals surface area contributed by atoms with Crippen molar-refractivity contribution in [3.05, 3.63) is 54.1 Å². The monoisotopic (exact) mass is 353 g/mol. The Labute approximate surface area is 147 Å². The number of amides is 1. The lowest BCUT2D eigenvalue weighted by molar-refractivity contribution is -0.139. The number of furan rings is 1. The Hall–Kier alpha value is -3.81. The zero-order chi connectivity index (χ0) is 18.7. The SMILES string of the molecule is N=C(N)c1ccc2oc(N(C=O)c3ccc(OCC(=O)O)cc3)cc2c1. The average Bonchev–Trinajstić information content (AvgIpc) is 3.04. The molecule has 4 N–H and O–H groups in total. The third kappa shape index (κ3) is 3.48. The Kier molecular flexibility index (Phi) is 4.57. The maximum absolute atomic E-state index is 11.6. The molecule has 8 nitrogen and oxygen atoms in total. The number of benzene rings is 2. The second kappa shape index (κ2) is 6.98. The van der Waals surface area contributed by atoms with Crippen LogP contribution >= 0.6 is 0 Å². The van der Waals surface area contributed by atoms with E-state index >= 15 is 0 Å². The maximum Gasteiger partial charge on any atom is 0.341 e. The molecule has 3 rings (SSSR count). The molecule has 2 aromatic carbocycles. The summed E-state index contributed by atoms with van der Waals surface area (Å²) in [4.78, 5) is 23.4. The van der Waals surface area contributed by atoms with Crippen LogP contribution < -0.4 is 15.4 Å². The van der Waals surface area contributed by atoms with Crippen molar-refractivity contribution in [3.63, 3.8) is 0 Å². The van der Waals surface area contributed by atoms with Crippen LogP contribution in [0, 0.1) is 5.41 Å². The molecule has 0 aliphatic heterocycles. The summed E-state index contributed by atoms with van der Waals surface area (Å²) in [5.74, 6) is -0.456.